The molecule has 0 aliphatic rings. The van der Waals surface area contributed by atoms with E-state index in [1.54, 1.807) is 6.07 Å². The quantitative estimate of drug-likeness (QED) is 0.756. The Bertz CT molecular complexity index is 543. The Labute approximate surface area is 107 Å². The predicted molar refractivity (Wildman–Crippen MR) is 71.2 cm³/mol. The van der Waals surface area contributed by atoms with Crippen molar-refractivity contribution in [3.05, 3.63) is 53.3 Å². The second kappa shape index (κ2) is 5.54. The first-order valence-electron chi connectivity index (χ1n) is 6.01. The number of benzene rings is 1. The zero-order valence-electron chi connectivity index (χ0n) is 10.7. The minimum Gasteiger partial charge on any atom is -0.492 e. The number of carbonyl (C=O) groups excluding carboxylic acids is 1. The van der Waals surface area contributed by atoms with Crippen LogP contribution in [0.4, 0.5) is 0 Å². The average Bonchev–Trinajstić information content (AvgIpc) is 2.81. The molecule has 0 aliphatic heterocycles. The van der Waals surface area contributed by atoms with Gasteiger partial charge in [-0.15, -0.1) is 0 Å². The predicted octanol–water partition coefficient (Wildman–Crippen LogP) is 3.00. The molecule has 1 heterocycles. The standard InChI is InChI=1S/C15H17NO2/c1-12-5-6-15(10-13(12)2)18-9-8-16-7-3-4-14(16)11-17/h3-7,10-11H,8-9H2,1-2H3. The monoisotopic (exact) mass is 243 g/mol. The van der Waals surface area contributed by atoms with Crippen molar-refractivity contribution in [2.45, 2.75) is 20.4 Å². The maximum atomic E-state index is 10.7. The van der Waals surface area contributed by atoms with Crippen LogP contribution in [0.25, 0.3) is 0 Å². The molecule has 1 aromatic carbocycles. The Morgan fingerprint density at radius 2 is 2.06 bits per heavy atom. The molecule has 0 atom stereocenters. The van der Waals surface area contributed by atoms with E-state index in [9.17, 15) is 4.79 Å². The number of carbonyl (C=O) groups is 1. The topological polar surface area (TPSA) is 31.2 Å². The van der Waals surface area contributed by atoms with Crippen LogP contribution in [0.1, 0.15) is 21.6 Å². The molecule has 3 heteroatoms. The normalized spacial score (nSPS) is 10.3. The number of hydrogen-bond donors (Lipinski definition) is 0. The SMILES string of the molecule is Cc1ccc(OCCn2cccc2C=O)cc1C. The fourth-order valence-electron chi connectivity index (χ4n) is 1.80. The minimum absolute atomic E-state index is 0.554. The third-order valence-electron chi connectivity index (χ3n) is 3.06. The summed E-state index contributed by atoms with van der Waals surface area (Å²) in [5.41, 5.74) is 3.16. The summed E-state index contributed by atoms with van der Waals surface area (Å²) in [5.74, 6) is 0.873. The summed E-state index contributed by atoms with van der Waals surface area (Å²) in [6.07, 6.45) is 2.74. The summed E-state index contributed by atoms with van der Waals surface area (Å²) in [6.45, 7) is 5.37. The first-order valence-corrected chi connectivity index (χ1v) is 6.01. The lowest BCUT2D eigenvalue weighted by Crippen LogP contribution is -2.09. The van der Waals surface area contributed by atoms with Crippen molar-refractivity contribution >= 4 is 6.29 Å². The van der Waals surface area contributed by atoms with Crippen molar-refractivity contribution in [2.24, 2.45) is 0 Å². The first-order chi connectivity index (χ1) is 8.70. The van der Waals surface area contributed by atoms with Crippen LogP contribution in [0.15, 0.2) is 36.5 Å². The van der Waals surface area contributed by atoms with E-state index in [0.29, 0.717) is 18.8 Å². The van der Waals surface area contributed by atoms with Gasteiger partial charge < -0.3 is 9.30 Å². The lowest BCUT2D eigenvalue weighted by atomic mass is 10.1. The molecular weight excluding hydrogens is 226 g/mol. The van der Waals surface area contributed by atoms with Gasteiger partial charge in [0.25, 0.3) is 0 Å². The third-order valence-corrected chi connectivity index (χ3v) is 3.06. The number of rotatable bonds is 5. The summed E-state index contributed by atoms with van der Waals surface area (Å²) in [7, 11) is 0. The van der Waals surface area contributed by atoms with Crippen LogP contribution in [0.5, 0.6) is 5.75 Å². The minimum atomic E-state index is 0.554. The van der Waals surface area contributed by atoms with Gasteiger partial charge in [-0.25, -0.2) is 0 Å². The van der Waals surface area contributed by atoms with Gasteiger partial charge in [-0.1, -0.05) is 6.07 Å². The summed E-state index contributed by atoms with van der Waals surface area (Å²) in [5, 5.41) is 0. The number of hydrogen-bond acceptors (Lipinski definition) is 2. The van der Waals surface area contributed by atoms with Crippen molar-refractivity contribution in [3.63, 3.8) is 0 Å². The van der Waals surface area contributed by atoms with Gasteiger partial charge in [-0.3, -0.25) is 4.79 Å². The van der Waals surface area contributed by atoms with Crippen LogP contribution in [0.2, 0.25) is 0 Å². The molecule has 0 N–H and O–H groups in total. The molecule has 0 saturated heterocycles. The van der Waals surface area contributed by atoms with E-state index in [1.807, 2.05) is 29.0 Å². The number of aldehydes is 1. The van der Waals surface area contributed by atoms with E-state index >= 15 is 0 Å². The number of aromatic nitrogens is 1. The van der Waals surface area contributed by atoms with Gasteiger partial charge in [-0.05, 0) is 49.2 Å². The Hall–Kier alpha value is -2.03. The van der Waals surface area contributed by atoms with Crippen LogP contribution in [0.3, 0.4) is 0 Å². The van der Waals surface area contributed by atoms with E-state index in [-0.39, 0.29) is 0 Å². The van der Waals surface area contributed by atoms with Gasteiger partial charge in [0, 0.05) is 6.20 Å². The van der Waals surface area contributed by atoms with Gasteiger partial charge in [0.05, 0.1) is 12.2 Å². The molecule has 0 bridgehead atoms. The van der Waals surface area contributed by atoms with Crippen LogP contribution in [-0.4, -0.2) is 17.5 Å². The van der Waals surface area contributed by atoms with Crippen LogP contribution < -0.4 is 4.74 Å². The Morgan fingerprint density at radius 1 is 1.22 bits per heavy atom. The maximum Gasteiger partial charge on any atom is 0.166 e. The smallest absolute Gasteiger partial charge is 0.166 e. The molecule has 0 unspecified atom stereocenters. The van der Waals surface area contributed by atoms with Crippen molar-refractivity contribution < 1.29 is 9.53 Å². The highest BCUT2D eigenvalue weighted by Crippen LogP contribution is 2.16. The molecule has 0 fully saturated rings. The molecule has 0 radical (unpaired) electrons. The highest BCUT2D eigenvalue weighted by molar-refractivity contribution is 5.72. The molecule has 3 nitrogen and oxygen atoms in total. The largest absolute Gasteiger partial charge is 0.492 e. The summed E-state index contributed by atoms with van der Waals surface area (Å²) < 4.78 is 7.56. The molecule has 0 aliphatic carbocycles. The van der Waals surface area contributed by atoms with E-state index in [0.717, 1.165) is 12.0 Å². The zero-order valence-corrected chi connectivity index (χ0v) is 10.7. The van der Waals surface area contributed by atoms with Gasteiger partial charge >= 0.3 is 0 Å². The van der Waals surface area contributed by atoms with Gasteiger partial charge in [0.2, 0.25) is 0 Å². The highest BCUT2D eigenvalue weighted by Gasteiger charge is 2.00. The number of ether oxygens (including phenoxy) is 1. The van der Waals surface area contributed by atoms with Gasteiger partial charge in [-0.2, -0.15) is 0 Å². The van der Waals surface area contributed by atoms with Crippen LogP contribution in [0, 0.1) is 13.8 Å². The molecule has 0 spiro atoms. The highest BCUT2D eigenvalue weighted by atomic mass is 16.5. The van der Waals surface area contributed by atoms with Gasteiger partial charge in [0.15, 0.2) is 6.29 Å². The Morgan fingerprint density at radius 3 is 2.78 bits per heavy atom. The maximum absolute atomic E-state index is 10.7. The summed E-state index contributed by atoms with van der Waals surface area (Å²) in [4.78, 5) is 10.7. The van der Waals surface area contributed by atoms with Gasteiger partial charge in [0.1, 0.15) is 12.4 Å². The van der Waals surface area contributed by atoms with Crippen LogP contribution >= 0.6 is 0 Å². The summed E-state index contributed by atoms with van der Waals surface area (Å²) >= 11 is 0. The van der Waals surface area contributed by atoms with E-state index in [2.05, 4.69) is 19.9 Å². The van der Waals surface area contributed by atoms with E-state index in [1.165, 1.54) is 11.1 Å². The van der Waals surface area contributed by atoms with E-state index < -0.39 is 0 Å². The van der Waals surface area contributed by atoms with Crippen molar-refractivity contribution in [1.29, 1.82) is 0 Å². The lowest BCUT2D eigenvalue weighted by molar-refractivity contribution is 0.111. The first kappa shape index (κ1) is 12.4. The van der Waals surface area contributed by atoms with Crippen molar-refractivity contribution in [3.8, 4) is 5.75 Å². The summed E-state index contributed by atoms with van der Waals surface area (Å²) in [6, 6.07) is 9.71. The number of nitrogens with zero attached hydrogens (tertiary/aromatic N) is 1. The van der Waals surface area contributed by atoms with E-state index in [4.69, 9.17) is 4.74 Å². The van der Waals surface area contributed by atoms with Crippen molar-refractivity contribution in [2.75, 3.05) is 6.61 Å². The van der Waals surface area contributed by atoms with Crippen LogP contribution in [-0.2, 0) is 6.54 Å². The lowest BCUT2D eigenvalue weighted by Gasteiger charge is -2.09. The molecule has 1 aromatic heterocycles. The Balaban J connectivity index is 1.92. The molecule has 18 heavy (non-hydrogen) atoms. The second-order valence-corrected chi connectivity index (χ2v) is 4.34. The fourth-order valence-corrected chi connectivity index (χ4v) is 1.80. The van der Waals surface area contributed by atoms with Crippen molar-refractivity contribution in [1.82, 2.24) is 4.57 Å². The molecule has 2 rings (SSSR count). The molecule has 0 amide bonds. The number of aryl methyl sites for hydroxylation is 2. The third kappa shape index (κ3) is 2.80. The molecule has 2 aromatic rings. The fraction of sp³-hybridized carbons (Fsp3) is 0.267. The molecule has 94 valence electrons. The second-order valence-electron chi connectivity index (χ2n) is 4.34. The Kier molecular flexibility index (Phi) is 3.82. The molecule has 0 saturated carbocycles. The molecular formula is C15H17NO2. The average molecular weight is 243 g/mol. The zero-order chi connectivity index (χ0) is 13.0.